The summed E-state index contributed by atoms with van der Waals surface area (Å²) < 4.78 is 0. The lowest BCUT2D eigenvalue weighted by molar-refractivity contribution is -0.144. The van der Waals surface area contributed by atoms with Crippen molar-refractivity contribution < 1.29 is 25.3 Å². The van der Waals surface area contributed by atoms with Crippen LogP contribution in [0.25, 0.3) is 0 Å². The van der Waals surface area contributed by atoms with Crippen molar-refractivity contribution in [2.24, 2.45) is 11.5 Å². The Labute approximate surface area is 117 Å². The van der Waals surface area contributed by atoms with Crippen LogP contribution < -0.4 is 11.5 Å². The summed E-state index contributed by atoms with van der Waals surface area (Å²) in [5, 5.41) is 16.0. The number of rotatable bonds is 5. The summed E-state index contributed by atoms with van der Waals surface area (Å²) in [4.78, 5) is 19.6. The molecule has 20 heavy (non-hydrogen) atoms. The van der Waals surface area contributed by atoms with E-state index in [1.807, 2.05) is 25.1 Å². The van der Waals surface area contributed by atoms with Crippen LogP contribution in [0.1, 0.15) is 18.9 Å². The molecule has 0 bridgehead atoms. The van der Waals surface area contributed by atoms with Gasteiger partial charge < -0.3 is 27.2 Å². The van der Waals surface area contributed by atoms with Gasteiger partial charge in [0.25, 0.3) is 0 Å². The van der Waals surface area contributed by atoms with Crippen molar-refractivity contribution in [1.82, 2.24) is 0 Å². The largest absolute Gasteiger partial charge is 0.481 e. The lowest BCUT2D eigenvalue weighted by Crippen LogP contribution is -2.32. The first kappa shape index (κ1) is 20.4. The molecule has 1 unspecified atom stereocenters. The second-order valence-corrected chi connectivity index (χ2v) is 4.21. The molecule has 0 aliphatic carbocycles. The Balaban J connectivity index is 0. The summed E-state index contributed by atoms with van der Waals surface area (Å²) in [7, 11) is 0. The van der Waals surface area contributed by atoms with E-state index in [1.165, 1.54) is 5.56 Å². The molecule has 2 atom stereocenters. The third-order valence-corrected chi connectivity index (χ3v) is 2.11. The van der Waals surface area contributed by atoms with Gasteiger partial charge in [0.2, 0.25) is 0 Å². The molecule has 1 rings (SSSR count). The number of benzene rings is 1. The fraction of sp³-hybridized carbons (Fsp3) is 0.385. The highest BCUT2D eigenvalue weighted by atomic mass is 16.4. The number of nitrogens with two attached hydrogens (primary N) is 2. The number of carbonyl (C=O) groups is 2. The Morgan fingerprint density at radius 2 is 1.65 bits per heavy atom. The zero-order valence-electron chi connectivity index (χ0n) is 11.3. The molecule has 0 aliphatic heterocycles. The van der Waals surface area contributed by atoms with Gasteiger partial charge in [0.05, 0.1) is 6.42 Å². The molecule has 0 spiro atoms. The van der Waals surface area contributed by atoms with Crippen molar-refractivity contribution >= 4 is 11.9 Å². The minimum absolute atomic E-state index is 0. The monoisotopic (exact) mass is 286 g/mol. The van der Waals surface area contributed by atoms with E-state index in [0.717, 1.165) is 6.42 Å². The molecule has 0 heterocycles. The minimum Gasteiger partial charge on any atom is -0.481 e. The van der Waals surface area contributed by atoms with E-state index in [4.69, 9.17) is 21.7 Å². The van der Waals surface area contributed by atoms with E-state index in [0.29, 0.717) is 0 Å². The van der Waals surface area contributed by atoms with Crippen LogP contribution >= 0.6 is 0 Å². The Bertz CT molecular complexity index is 395. The summed E-state index contributed by atoms with van der Waals surface area (Å²) in [6, 6.07) is 9.28. The molecule has 7 nitrogen and oxygen atoms in total. The third-order valence-electron chi connectivity index (χ3n) is 2.11. The maximum atomic E-state index is 9.85. The zero-order chi connectivity index (χ0) is 14.8. The topological polar surface area (TPSA) is 158 Å². The van der Waals surface area contributed by atoms with E-state index >= 15 is 0 Å². The van der Waals surface area contributed by atoms with Crippen molar-refractivity contribution in [1.29, 1.82) is 0 Å². The van der Waals surface area contributed by atoms with Gasteiger partial charge in [-0.15, -0.1) is 0 Å². The number of hydrogen-bond acceptors (Lipinski definition) is 4. The highest BCUT2D eigenvalue weighted by Gasteiger charge is 2.14. The molecule has 114 valence electrons. The molecule has 1 aromatic carbocycles. The van der Waals surface area contributed by atoms with Crippen LogP contribution in [0.2, 0.25) is 0 Å². The number of hydrogen-bond donors (Lipinski definition) is 4. The summed E-state index contributed by atoms with van der Waals surface area (Å²) in [6.45, 7) is 2.02. The average Bonchev–Trinajstić information content (AvgIpc) is 2.29. The van der Waals surface area contributed by atoms with Crippen LogP contribution in [0.5, 0.6) is 0 Å². The number of carboxylic acid groups (broad SMARTS) is 2. The average molecular weight is 286 g/mol. The Morgan fingerprint density at radius 1 is 1.15 bits per heavy atom. The van der Waals surface area contributed by atoms with Crippen LogP contribution in [0.4, 0.5) is 0 Å². The first-order valence-corrected chi connectivity index (χ1v) is 5.82. The van der Waals surface area contributed by atoms with E-state index in [2.05, 4.69) is 12.1 Å². The van der Waals surface area contributed by atoms with Gasteiger partial charge >= 0.3 is 11.9 Å². The van der Waals surface area contributed by atoms with Crippen LogP contribution in [0.15, 0.2) is 30.3 Å². The van der Waals surface area contributed by atoms with E-state index in [9.17, 15) is 9.59 Å². The third kappa shape index (κ3) is 11.1. The molecule has 1 aromatic rings. The molecule has 0 fully saturated rings. The second kappa shape index (κ2) is 10.9. The highest BCUT2D eigenvalue weighted by Crippen LogP contribution is 2.00. The van der Waals surface area contributed by atoms with Crippen LogP contribution in [0, 0.1) is 0 Å². The fourth-order valence-electron chi connectivity index (χ4n) is 1.26. The van der Waals surface area contributed by atoms with Gasteiger partial charge in [-0.2, -0.15) is 0 Å². The molecule has 0 radical (unpaired) electrons. The predicted octanol–water partition coefficient (Wildman–Crippen LogP) is -0.375. The van der Waals surface area contributed by atoms with E-state index in [1.54, 1.807) is 0 Å². The highest BCUT2D eigenvalue weighted by molar-refractivity contribution is 5.80. The summed E-state index contributed by atoms with van der Waals surface area (Å²) in [5.74, 6) is -2.50. The summed E-state index contributed by atoms with van der Waals surface area (Å²) >= 11 is 0. The van der Waals surface area contributed by atoms with Crippen LogP contribution in [0.3, 0.4) is 0 Å². The molecular weight excluding hydrogens is 264 g/mol. The summed E-state index contributed by atoms with van der Waals surface area (Å²) in [6.07, 6.45) is 0.441. The van der Waals surface area contributed by atoms with Gasteiger partial charge in [-0.3, -0.25) is 9.59 Å². The van der Waals surface area contributed by atoms with Gasteiger partial charge in [0.1, 0.15) is 6.04 Å². The molecule has 0 aromatic heterocycles. The van der Waals surface area contributed by atoms with Crippen LogP contribution in [-0.2, 0) is 16.0 Å². The first-order chi connectivity index (χ1) is 8.82. The maximum absolute atomic E-state index is 9.85. The Kier molecular flexibility index (Phi) is 11.1. The Morgan fingerprint density at radius 3 is 1.95 bits per heavy atom. The molecule has 0 aliphatic rings. The van der Waals surface area contributed by atoms with Crippen molar-refractivity contribution in [2.75, 3.05) is 0 Å². The smallest absolute Gasteiger partial charge is 0.321 e. The second-order valence-electron chi connectivity index (χ2n) is 4.21. The van der Waals surface area contributed by atoms with Gasteiger partial charge in [0, 0.05) is 6.04 Å². The molecule has 7 heteroatoms. The zero-order valence-corrected chi connectivity index (χ0v) is 11.3. The molecule has 0 saturated carbocycles. The van der Waals surface area contributed by atoms with Gasteiger partial charge in [-0.1, -0.05) is 30.3 Å². The van der Waals surface area contributed by atoms with Gasteiger partial charge in [-0.25, -0.2) is 0 Å². The van der Waals surface area contributed by atoms with Gasteiger partial charge in [0.15, 0.2) is 0 Å². The number of aliphatic carboxylic acids is 2. The molecule has 0 amide bonds. The van der Waals surface area contributed by atoms with Crippen molar-refractivity contribution in [2.45, 2.75) is 31.8 Å². The van der Waals surface area contributed by atoms with Crippen LogP contribution in [-0.4, -0.2) is 39.7 Å². The SMILES string of the molecule is CC(N)Cc1ccccc1.N[C@@H](CC(=O)O)C(=O)O.O. The lowest BCUT2D eigenvalue weighted by atomic mass is 10.1. The molecule has 0 saturated heterocycles. The first-order valence-electron chi connectivity index (χ1n) is 5.82. The normalized spacial score (nSPS) is 12.2. The molecular formula is C13H22N2O5. The van der Waals surface area contributed by atoms with Crippen molar-refractivity contribution in [3.63, 3.8) is 0 Å². The van der Waals surface area contributed by atoms with E-state index in [-0.39, 0.29) is 11.5 Å². The van der Waals surface area contributed by atoms with Crippen molar-refractivity contribution in [3.05, 3.63) is 35.9 Å². The van der Waals surface area contributed by atoms with Gasteiger partial charge in [-0.05, 0) is 18.9 Å². The maximum Gasteiger partial charge on any atom is 0.321 e. The predicted molar refractivity (Wildman–Crippen MR) is 75.3 cm³/mol. The quantitative estimate of drug-likeness (QED) is 0.577. The van der Waals surface area contributed by atoms with Crippen molar-refractivity contribution in [3.8, 4) is 0 Å². The van der Waals surface area contributed by atoms with E-state index < -0.39 is 24.4 Å². The number of carboxylic acids is 2. The Hall–Kier alpha value is -1.96. The standard InChI is InChI=1S/C9H13N.C4H7NO4.H2O/c1-8(10)7-9-5-3-2-4-6-9;5-2(4(8)9)1-3(6)7;/h2-6,8H,7,10H2,1H3;2H,1,5H2,(H,6,7)(H,8,9);1H2/t;2-;/m.0./s1. The summed E-state index contributed by atoms with van der Waals surface area (Å²) in [5.41, 5.74) is 11.8. The fourth-order valence-corrected chi connectivity index (χ4v) is 1.26. The lowest BCUT2D eigenvalue weighted by Gasteiger charge is -2.02. The molecule has 8 N–H and O–H groups in total. The minimum atomic E-state index is -1.29.